The Morgan fingerprint density at radius 1 is 1.00 bits per heavy atom. The summed E-state index contributed by atoms with van der Waals surface area (Å²) in [5, 5.41) is 3.39. The Hall–Kier alpha value is -4.24. The first-order valence-corrected chi connectivity index (χ1v) is 13.2. The first-order valence-electron chi connectivity index (χ1n) is 13.2. The molecule has 0 radical (unpaired) electrons. The molecule has 2 aromatic heterocycles. The maximum Gasteiger partial charge on any atom is 0.254 e. The zero-order valence-corrected chi connectivity index (χ0v) is 21.0. The third kappa shape index (κ3) is 4.18. The second-order valence-electron chi connectivity index (χ2n) is 10.1. The molecule has 9 nitrogen and oxygen atoms in total. The van der Waals surface area contributed by atoms with Gasteiger partial charge in [-0.3, -0.25) is 9.59 Å². The van der Waals surface area contributed by atoms with Gasteiger partial charge in [0.05, 0.1) is 18.9 Å². The van der Waals surface area contributed by atoms with Crippen molar-refractivity contribution in [3.63, 3.8) is 0 Å². The summed E-state index contributed by atoms with van der Waals surface area (Å²) in [6.45, 7) is 3.14. The average molecular weight is 509 g/mol. The number of hydrogen-bond acceptors (Lipinski definition) is 6. The molecular weight excluding hydrogens is 480 g/mol. The van der Waals surface area contributed by atoms with E-state index in [-0.39, 0.29) is 17.7 Å². The fraction of sp³-hybridized carbons (Fsp3) is 0.310. The van der Waals surface area contributed by atoms with Crippen LogP contribution in [0.3, 0.4) is 0 Å². The number of nitrogens with one attached hydrogen (secondary N) is 1. The fourth-order valence-electron chi connectivity index (χ4n) is 5.28. The molecule has 3 aliphatic rings. The minimum atomic E-state index is 0.0182. The molecule has 9 heteroatoms. The molecule has 1 aliphatic carbocycles. The number of aromatic nitrogens is 3. The van der Waals surface area contributed by atoms with Crippen molar-refractivity contribution < 1.29 is 14.3 Å². The number of amides is 2. The highest BCUT2D eigenvalue weighted by Crippen LogP contribution is 2.38. The molecule has 38 heavy (non-hydrogen) atoms. The lowest BCUT2D eigenvalue weighted by atomic mass is 10.1. The number of imidazole rings is 1. The van der Waals surface area contributed by atoms with Crippen molar-refractivity contribution in [2.45, 2.75) is 19.3 Å². The van der Waals surface area contributed by atoms with Crippen molar-refractivity contribution in [2.75, 3.05) is 43.1 Å². The van der Waals surface area contributed by atoms with Crippen LogP contribution in [0.4, 0.5) is 17.2 Å². The van der Waals surface area contributed by atoms with E-state index in [1.165, 1.54) is 5.56 Å². The van der Waals surface area contributed by atoms with Gasteiger partial charge in [-0.05, 0) is 61.2 Å². The molecule has 0 spiro atoms. The average Bonchev–Trinajstić information content (AvgIpc) is 3.55. The van der Waals surface area contributed by atoms with Crippen LogP contribution in [0.5, 0.6) is 0 Å². The van der Waals surface area contributed by atoms with Gasteiger partial charge in [-0.2, -0.15) is 0 Å². The number of hydrogen-bond donors (Lipinski definition) is 1. The second-order valence-corrected chi connectivity index (χ2v) is 10.1. The quantitative estimate of drug-likeness (QED) is 0.440. The highest BCUT2D eigenvalue weighted by atomic mass is 16.5. The lowest BCUT2D eigenvalue weighted by Crippen LogP contribution is -2.40. The minimum absolute atomic E-state index is 0.0182. The van der Waals surface area contributed by atoms with Gasteiger partial charge in [0.25, 0.3) is 5.91 Å². The number of anilines is 3. The second kappa shape index (κ2) is 9.25. The van der Waals surface area contributed by atoms with E-state index in [1.54, 1.807) is 6.20 Å². The fourth-order valence-corrected chi connectivity index (χ4v) is 5.28. The number of rotatable bonds is 5. The van der Waals surface area contributed by atoms with E-state index in [2.05, 4.69) is 22.4 Å². The van der Waals surface area contributed by atoms with Gasteiger partial charge in [0.15, 0.2) is 11.5 Å². The Bertz CT molecular complexity index is 1540. The molecule has 192 valence electrons. The number of benzene rings is 2. The van der Waals surface area contributed by atoms with Crippen molar-refractivity contribution in [2.24, 2.45) is 5.92 Å². The normalized spacial score (nSPS) is 17.1. The highest BCUT2D eigenvalue weighted by molar-refractivity contribution is 5.98. The van der Waals surface area contributed by atoms with Crippen LogP contribution in [0, 0.1) is 5.92 Å². The van der Waals surface area contributed by atoms with Crippen molar-refractivity contribution in [3.8, 4) is 11.3 Å². The Morgan fingerprint density at radius 3 is 2.61 bits per heavy atom. The molecule has 2 aromatic carbocycles. The van der Waals surface area contributed by atoms with Crippen LogP contribution in [0.25, 0.3) is 16.9 Å². The van der Waals surface area contributed by atoms with E-state index >= 15 is 0 Å². The van der Waals surface area contributed by atoms with Gasteiger partial charge in [-0.25, -0.2) is 9.97 Å². The van der Waals surface area contributed by atoms with Crippen molar-refractivity contribution >= 4 is 34.7 Å². The van der Waals surface area contributed by atoms with Crippen molar-refractivity contribution in [1.82, 2.24) is 19.3 Å². The van der Waals surface area contributed by atoms with Gasteiger partial charge < -0.3 is 24.3 Å². The third-order valence-corrected chi connectivity index (χ3v) is 7.53. The first kappa shape index (κ1) is 22.9. The number of nitrogens with zero attached hydrogens (tertiary/aromatic N) is 5. The highest BCUT2D eigenvalue weighted by Gasteiger charge is 2.36. The third-order valence-electron chi connectivity index (χ3n) is 7.53. The van der Waals surface area contributed by atoms with Crippen molar-refractivity contribution in [1.29, 1.82) is 0 Å². The smallest absolute Gasteiger partial charge is 0.254 e. The largest absolute Gasteiger partial charge is 0.378 e. The number of ether oxygens (including phenoxy) is 1. The molecule has 0 unspecified atom stereocenters. The molecule has 4 aromatic rings. The van der Waals surface area contributed by atoms with Gasteiger partial charge in [-0.1, -0.05) is 6.07 Å². The summed E-state index contributed by atoms with van der Waals surface area (Å²) in [6.07, 6.45) is 8.51. The van der Waals surface area contributed by atoms with E-state index in [1.807, 2.05) is 56.9 Å². The van der Waals surface area contributed by atoms with Gasteiger partial charge in [0.1, 0.15) is 0 Å². The summed E-state index contributed by atoms with van der Waals surface area (Å²) in [4.78, 5) is 38.6. The molecule has 2 amide bonds. The molecular formula is C29H28N6O3. The number of morpholine rings is 1. The lowest BCUT2D eigenvalue weighted by molar-refractivity contribution is -0.119. The number of carbonyl (C=O) groups is 2. The Kier molecular flexibility index (Phi) is 5.58. The van der Waals surface area contributed by atoms with E-state index < -0.39 is 0 Å². The van der Waals surface area contributed by atoms with E-state index in [9.17, 15) is 9.59 Å². The molecule has 1 N–H and O–H groups in total. The summed E-state index contributed by atoms with van der Waals surface area (Å²) in [5.74, 6) is 1.13. The van der Waals surface area contributed by atoms with E-state index in [0.29, 0.717) is 43.3 Å². The van der Waals surface area contributed by atoms with Gasteiger partial charge >= 0.3 is 0 Å². The topological polar surface area (TPSA) is 92.1 Å². The molecule has 0 atom stereocenters. The molecule has 2 aliphatic heterocycles. The molecule has 1 saturated carbocycles. The molecule has 7 rings (SSSR count). The Labute approximate surface area is 220 Å². The van der Waals surface area contributed by atoms with Crippen LogP contribution in [-0.2, 0) is 16.0 Å². The van der Waals surface area contributed by atoms with Gasteiger partial charge in [-0.15, -0.1) is 0 Å². The summed E-state index contributed by atoms with van der Waals surface area (Å²) in [6, 6.07) is 13.7. The predicted molar refractivity (Wildman–Crippen MR) is 144 cm³/mol. The van der Waals surface area contributed by atoms with Crippen LogP contribution in [0.2, 0.25) is 0 Å². The van der Waals surface area contributed by atoms with Gasteiger partial charge in [0.2, 0.25) is 5.91 Å². The molecule has 2 fully saturated rings. The number of fused-ring (bicyclic) bond motifs is 2. The zero-order valence-electron chi connectivity index (χ0n) is 21.0. The maximum absolute atomic E-state index is 12.8. The van der Waals surface area contributed by atoms with Crippen LogP contribution >= 0.6 is 0 Å². The standard InChI is InChI=1S/C29H28N6O3/c36-28(33-13-15-38-16-14-33)19-3-6-23(7-4-19)31-26-27-30-10-12-34(27)18-24(32-26)21-5-8-25-22(17-21)9-11-35(25)29(37)20-1-2-20/h3-8,10,12,17-18,20H,1-2,9,11,13-16H2,(H,31,32). The molecule has 4 heterocycles. The maximum atomic E-state index is 12.8. The summed E-state index contributed by atoms with van der Waals surface area (Å²) in [5.41, 5.74) is 6.20. The molecule has 1 saturated heterocycles. The van der Waals surface area contributed by atoms with Crippen molar-refractivity contribution in [3.05, 3.63) is 72.2 Å². The van der Waals surface area contributed by atoms with E-state index in [0.717, 1.165) is 48.4 Å². The summed E-state index contributed by atoms with van der Waals surface area (Å²) >= 11 is 0. The van der Waals surface area contributed by atoms with Crippen LogP contribution < -0.4 is 10.2 Å². The summed E-state index contributed by atoms with van der Waals surface area (Å²) < 4.78 is 7.31. The number of carbonyl (C=O) groups excluding carboxylic acids is 2. The van der Waals surface area contributed by atoms with Crippen LogP contribution in [0.15, 0.2) is 61.1 Å². The zero-order chi connectivity index (χ0) is 25.6. The SMILES string of the molecule is O=C(c1ccc(Nc2nc(-c3ccc4c(c3)CCN4C(=O)C3CC3)cn3ccnc23)cc1)N1CCOCC1. The summed E-state index contributed by atoms with van der Waals surface area (Å²) in [7, 11) is 0. The minimum Gasteiger partial charge on any atom is -0.378 e. The van der Waals surface area contributed by atoms with E-state index in [4.69, 9.17) is 9.72 Å². The first-order chi connectivity index (χ1) is 18.6. The predicted octanol–water partition coefficient (Wildman–Crippen LogP) is 3.91. The lowest BCUT2D eigenvalue weighted by Gasteiger charge is -2.26. The van der Waals surface area contributed by atoms with Gasteiger partial charge in [0, 0.05) is 66.6 Å². The van der Waals surface area contributed by atoms with Crippen LogP contribution in [-0.4, -0.2) is 63.9 Å². The monoisotopic (exact) mass is 508 g/mol. The van der Waals surface area contributed by atoms with Crippen LogP contribution in [0.1, 0.15) is 28.8 Å². The Balaban J connectivity index is 1.15. The molecule has 0 bridgehead atoms. The Morgan fingerprint density at radius 2 is 1.82 bits per heavy atom.